The smallest absolute Gasteiger partial charge is 0.698 e. The minimum Gasteiger partial charge on any atom is -0.698 e. The third-order valence-electron chi connectivity index (χ3n) is 0.937. The van der Waals surface area contributed by atoms with Gasteiger partial charge < -0.3 is 22.2 Å². The van der Waals surface area contributed by atoms with Crippen LogP contribution in [0.1, 0.15) is 13.8 Å². The molecule has 0 aromatic rings. The summed E-state index contributed by atoms with van der Waals surface area (Å²) in [7, 11) is 4.83. The van der Waals surface area contributed by atoms with Crippen molar-refractivity contribution >= 4 is 8.05 Å². The third-order valence-corrected chi connectivity index (χ3v) is 0.937. The normalized spacial score (nSPS) is 9.82. The van der Waals surface area contributed by atoms with Crippen LogP contribution in [-0.4, -0.2) is 34.2 Å². The molecule has 0 fully saturated rings. The van der Waals surface area contributed by atoms with Crippen molar-refractivity contribution in [3.63, 3.8) is 0 Å². The molecule has 59 valence electrons. The molecule has 3 nitrogen and oxygen atoms in total. The molecule has 0 spiro atoms. The van der Waals surface area contributed by atoms with E-state index in [1.54, 1.807) is 0 Å². The molecule has 0 aliphatic rings. The van der Waals surface area contributed by atoms with Crippen LogP contribution in [0.15, 0.2) is 0 Å². The Kier molecular flexibility index (Phi) is 14.4. The van der Waals surface area contributed by atoms with E-state index < -0.39 is 0 Å². The SMILES string of the molecule is [B-]OCC(OCC)OCC.[Na+]. The summed E-state index contributed by atoms with van der Waals surface area (Å²) in [5.41, 5.74) is 0. The fraction of sp³-hybridized carbons (Fsp3) is 1.00. The Bertz CT molecular complexity index is 60.6. The Morgan fingerprint density at radius 1 is 1.18 bits per heavy atom. The summed E-state index contributed by atoms with van der Waals surface area (Å²) in [6.45, 7) is 5.27. The maximum atomic E-state index is 5.10. The molecule has 0 bridgehead atoms. The molecule has 0 unspecified atom stereocenters. The standard InChI is InChI=1S/C6H13BO3.Na/c1-3-8-6(5-10-7)9-4-2;/h6H,3-5H2,1-2H3;/q-1;+1. The van der Waals surface area contributed by atoms with E-state index in [9.17, 15) is 0 Å². The average Bonchev–Trinajstić information content (AvgIpc) is 1.90. The van der Waals surface area contributed by atoms with Crippen LogP contribution in [0.5, 0.6) is 0 Å². The maximum absolute atomic E-state index is 5.10. The minimum absolute atomic E-state index is 0. The van der Waals surface area contributed by atoms with Crippen molar-refractivity contribution in [2.45, 2.75) is 20.1 Å². The van der Waals surface area contributed by atoms with Gasteiger partial charge in [0.2, 0.25) is 0 Å². The minimum atomic E-state index is -0.319. The van der Waals surface area contributed by atoms with Gasteiger partial charge in [0, 0.05) is 19.8 Å². The van der Waals surface area contributed by atoms with Crippen LogP contribution < -0.4 is 29.6 Å². The Labute approximate surface area is 91.5 Å². The molecule has 0 N–H and O–H groups in total. The van der Waals surface area contributed by atoms with Gasteiger partial charge in [-0.05, 0) is 13.8 Å². The van der Waals surface area contributed by atoms with Gasteiger partial charge >= 0.3 is 29.6 Å². The largest absolute Gasteiger partial charge is 1.00 e. The van der Waals surface area contributed by atoms with Gasteiger partial charge in [0.1, 0.15) is 0 Å². The number of hydrogen-bond donors (Lipinski definition) is 0. The second-order valence-electron chi connectivity index (χ2n) is 1.67. The van der Waals surface area contributed by atoms with Gasteiger partial charge in [0.05, 0.1) is 0 Å². The van der Waals surface area contributed by atoms with E-state index in [0.717, 1.165) is 0 Å². The summed E-state index contributed by atoms with van der Waals surface area (Å²) < 4.78 is 14.6. The van der Waals surface area contributed by atoms with Gasteiger partial charge in [-0.25, -0.2) is 0 Å². The van der Waals surface area contributed by atoms with Crippen LogP contribution in [0.4, 0.5) is 0 Å². The fourth-order valence-corrected chi connectivity index (χ4v) is 0.595. The molecule has 0 atom stereocenters. The number of ether oxygens (including phenoxy) is 2. The Morgan fingerprint density at radius 3 is 1.91 bits per heavy atom. The molecule has 0 rings (SSSR count). The second kappa shape index (κ2) is 10.9. The average molecular weight is 167 g/mol. The quantitative estimate of drug-likeness (QED) is 0.323. The predicted molar refractivity (Wildman–Crippen MR) is 38.7 cm³/mol. The molecule has 0 aromatic carbocycles. The molecule has 0 amide bonds. The summed E-state index contributed by atoms with van der Waals surface area (Å²) in [5.74, 6) is 0. The summed E-state index contributed by atoms with van der Waals surface area (Å²) in [6.07, 6.45) is -0.319. The molecule has 0 aliphatic carbocycles. The molecule has 3 radical (unpaired) electrons. The molecule has 0 heterocycles. The van der Waals surface area contributed by atoms with E-state index in [-0.39, 0.29) is 42.5 Å². The predicted octanol–water partition coefficient (Wildman–Crippen LogP) is -2.51. The van der Waals surface area contributed by atoms with Gasteiger partial charge in [-0.3, -0.25) is 0 Å². The summed E-state index contributed by atoms with van der Waals surface area (Å²) in [4.78, 5) is 0. The molecule has 0 saturated heterocycles. The van der Waals surface area contributed by atoms with Gasteiger partial charge in [0.15, 0.2) is 6.29 Å². The van der Waals surface area contributed by atoms with E-state index in [0.29, 0.717) is 13.2 Å². The molecule has 11 heavy (non-hydrogen) atoms. The molecule has 5 heteroatoms. The zero-order valence-electron chi connectivity index (χ0n) is 7.50. The molecule has 0 aliphatic heterocycles. The molecular weight excluding hydrogens is 154 g/mol. The van der Waals surface area contributed by atoms with E-state index in [1.807, 2.05) is 13.8 Å². The molecular formula is C6H13BNaO3. The Hall–Kier alpha value is 0.945. The van der Waals surface area contributed by atoms with Gasteiger partial charge in [-0.15, -0.1) is 0 Å². The first kappa shape index (κ1) is 14.5. The third kappa shape index (κ3) is 8.85. The Balaban J connectivity index is 0. The van der Waals surface area contributed by atoms with Gasteiger partial charge in [0.25, 0.3) is 0 Å². The zero-order chi connectivity index (χ0) is 7.82. The van der Waals surface area contributed by atoms with Crippen LogP contribution >= 0.6 is 0 Å². The van der Waals surface area contributed by atoms with Crippen molar-refractivity contribution in [3.8, 4) is 0 Å². The van der Waals surface area contributed by atoms with Crippen molar-refractivity contribution in [2.75, 3.05) is 19.8 Å². The van der Waals surface area contributed by atoms with Crippen LogP contribution in [-0.2, 0) is 14.1 Å². The monoisotopic (exact) mass is 167 g/mol. The number of hydrogen-bond acceptors (Lipinski definition) is 3. The first-order valence-corrected chi connectivity index (χ1v) is 3.40. The van der Waals surface area contributed by atoms with Gasteiger partial charge in [-0.1, -0.05) is 0 Å². The second-order valence-corrected chi connectivity index (χ2v) is 1.67. The molecule has 0 saturated carbocycles. The fourth-order valence-electron chi connectivity index (χ4n) is 0.595. The topological polar surface area (TPSA) is 27.7 Å². The van der Waals surface area contributed by atoms with Crippen molar-refractivity contribution < 1.29 is 43.7 Å². The van der Waals surface area contributed by atoms with Crippen LogP contribution in [0.25, 0.3) is 0 Å². The van der Waals surface area contributed by atoms with Gasteiger partial charge in [-0.2, -0.15) is 0 Å². The van der Waals surface area contributed by atoms with Crippen molar-refractivity contribution in [3.05, 3.63) is 0 Å². The summed E-state index contributed by atoms with van der Waals surface area (Å²) in [5, 5.41) is 0. The van der Waals surface area contributed by atoms with Crippen LogP contribution in [0.2, 0.25) is 0 Å². The first-order valence-electron chi connectivity index (χ1n) is 3.40. The van der Waals surface area contributed by atoms with E-state index in [4.69, 9.17) is 17.5 Å². The van der Waals surface area contributed by atoms with Crippen LogP contribution in [0, 0.1) is 0 Å². The van der Waals surface area contributed by atoms with Crippen molar-refractivity contribution in [2.24, 2.45) is 0 Å². The maximum Gasteiger partial charge on any atom is 1.00 e. The molecule has 0 aromatic heterocycles. The number of rotatable bonds is 6. The van der Waals surface area contributed by atoms with Crippen molar-refractivity contribution in [1.82, 2.24) is 0 Å². The van der Waals surface area contributed by atoms with E-state index in [1.165, 1.54) is 0 Å². The van der Waals surface area contributed by atoms with E-state index >= 15 is 0 Å². The first-order chi connectivity index (χ1) is 4.85. The summed E-state index contributed by atoms with van der Waals surface area (Å²) in [6, 6.07) is 0. The zero-order valence-corrected chi connectivity index (χ0v) is 9.50. The Morgan fingerprint density at radius 2 is 1.64 bits per heavy atom. The summed E-state index contributed by atoms with van der Waals surface area (Å²) >= 11 is 0. The van der Waals surface area contributed by atoms with E-state index in [2.05, 4.69) is 4.65 Å². The van der Waals surface area contributed by atoms with Crippen LogP contribution in [0.3, 0.4) is 0 Å². The van der Waals surface area contributed by atoms with Crippen molar-refractivity contribution in [1.29, 1.82) is 0 Å².